The molecule has 116 valence electrons. The van der Waals surface area contributed by atoms with Gasteiger partial charge in [0.05, 0.1) is 15.9 Å². The molecule has 0 aliphatic rings. The van der Waals surface area contributed by atoms with E-state index in [1.54, 1.807) is 13.8 Å². The number of rotatable bonds is 6. The Hall–Kier alpha value is -1.71. The number of amides is 1. The average Bonchev–Trinajstić information content (AvgIpc) is 2.35. The van der Waals surface area contributed by atoms with Gasteiger partial charge in [0, 0.05) is 16.7 Å². The van der Waals surface area contributed by atoms with Crippen molar-refractivity contribution >= 4 is 37.0 Å². The number of nitro groups is 1. The third-order valence-electron chi connectivity index (χ3n) is 2.27. The molecule has 21 heavy (non-hydrogen) atoms. The molecule has 0 aromatic heterocycles. The van der Waals surface area contributed by atoms with E-state index in [1.807, 2.05) is 0 Å². The Morgan fingerprint density at radius 3 is 2.57 bits per heavy atom. The first-order chi connectivity index (χ1) is 9.61. The quantitative estimate of drug-likeness (QED) is 0.481. The van der Waals surface area contributed by atoms with Gasteiger partial charge in [0.15, 0.2) is 0 Å². The van der Waals surface area contributed by atoms with Crippen LogP contribution < -0.4 is 5.32 Å². The number of carbonyl (C=O) groups excluding carboxylic acids is 1. The van der Waals surface area contributed by atoms with Crippen molar-refractivity contribution in [2.75, 3.05) is 11.9 Å². The van der Waals surface area contributed by atoms with Gasteiger partial charge in [-0.15, -0.1) is 0 Å². The Kier molecular flexibility index (Phi) is 5.64. The van der Waals surface area contributed by atoms with Crippen LogP contribution in [0.25, 0.3) is 0 Å². The fraction of sp³-hybridized carbons (Fsp3) is 0.364. The van der Waals surface area contributed by atoms with Crippen LogP contribution in [-0.2, 0) is 18.6 Å². The summed E-state index contributed by atoms with van der Waals surface area (Å²) in [5.74, 6) is -0.590. The number of carbonyl (C=O) groups is 1. The lowest BCUT2D eigenvalue weighted by molar-refractivity contribution is -0.384. The van der Waals surface area contributed by atoms with Gasteiger partial charge in [-0.2, -0.15) is 0 Å². The Labute approximate surface area is 125 Å². The van der Waals surface area contributed by atoms with Crippen molar-refractivity contribution in [1.29, 1.82) is 0 Å². The van der Waals surface area contributed by atoms with E-state index < -0.39 is 30.5 Å². The van der Waals surface area contributed by atoms with Crippen molar-refractivity contribution in [3.63, 3.8) is 0 Å². The number of hydrogen-bond donors (Lipinski definition) is 1. The number of halogens is 1. The van der Waals surface area contributed by atoms with Crippen molar-refractivity contribution in [2.45, 2.75) is 24.8 Å². The summed E-state index contributed by atoms with van der Waals surface area (Å²) in [6, 6.07) is 2.94. The molecule has 0 saturated heterocycles. The molecule has 1 N–H and O–H groups in total. The lowest BCUT2D eigenvalue weighted by Crippen LogP contribution is -2.21. The van der Waals surface area contributed by atoms with Crippen molar-refractivity contribution in [3.05, 3.63) is 28.3 Å². The summed E-state index contributed by atoms with van der Waals surface area (Å²) in [5.41, 5.74) is -0.712. The van der Waals surface area contributed by atoms with Gasteiger partial charge in [-0.25, -0.2) is 8.42 Å². The van der Waals surface area contributed by atoms with E-state index >= 15 is 0 Å². The van der Waals surface area contributed by atoms with Crippen LogP contribution >= 0.6 is 10.7 Å². The largest absolute Gasteiger partial charge is 0.369 e. The van der Waals surface area contributed by atoms with E-state index in [-0.39, 0.29) is 18.4 Å². The second-order valence-electron chi connectivity index (χ2n) is 4.28. The van der Waals surface area contributed by atoms with Crippen LogP contribution in [0.1, 0.15) is 13.8 Å². The maximum atomic E-state index is 11.6. The van der Waals surface area contributed by atoms with Crippen LogP contribution in [-0.4, -0.2) is 32.0 Å². The second kappa shape index (κ2) is 6.83. The monoisotopic (exact) mass is 336 g/mol. The van der Waals surface area contributed by atoms with Gasteiger partial charge in [0.25, 0.3) is 20.6 Å². The van der Waals surface area contributed by atoms with E-state index in [2.05, 4.69) is 5.32 Å². The van der Waals surface area contributed by atoms with Gasteiger partial charge in [-0.3, -0.25) is 14.9 Å². The highest BCUT2D eigenvalue weighted by Crippen LogP contribution is 2.28. The molecule has 0 fully saturated rings. The van der Waals surface area contributed by atoms with E-state index in [9.17, 15) is 23.3 Å². The first-order valence-corrected chi connectivity index (χ1v) is 8.06. The number of ether oxygens (including phenoxy) is 1. The summed E-state index contributed by atoms with van der Waals surface area (Å²) in [5, 5.41) is 13.2. The Morgan fingerprint density at radius 1 is 1.48 bits per heavy atom. The molecule has 0 bridgehead atoms. The molecule has 0 aliphatic heterocycles. The molecule has 0 aliphatic carbocycles. The fourth-order valence-electron chi connectivity index (χ4n) is 1.35. The standard InChI is InChI=1S/C11H13ClN2O6S/c1-7(2)20-6-11(15)13-9-4-3-8(21(12,18)19)5-10(9)14(16)17/h3-5,7H,6H2,1-2H3,(H,13,15). The number of nitro benzene ring substituents is 1. The van der Waals surface area contributed by atoms with Crippen molar-refractivity contribution in [3.8, 4) is 0 Å². The van der Waals surface area contributed by atoms with Gasteiger partial charge in [-0.05, 0) is 26.0 Å². The highest BCUT2D eigenvalue weighted by Gasteiger charge is 2.21. The van der Waals surface area contributed by atoms with Crippen LogP contribution in [0.4, 0.5) is 11.4 Å². The molecular formula is C11H13ClN2O6S. The molecule has 1 aromatic rings. The van der Waals surface area contributed by atoms with E-state index in [0.29, 0.717) is 0 Å². The number of nitrogens with one attached hydrogen (secondary N) is 1. The predicted molar refractivity (Wildman–Crippen MR) is 75.9 cm³/mol. The third-order valence-corrected chi connectivity index (χ3v) is 3.62. The van der Waals surface area contributed by atoms with Crippen LogP contribution in [0.15, 0.2) is 23.1 Å². The van der Waals surface area contributed by atoms with Gasteiger partial charge >= 0.3 is 0 Å². The summed E-state index contributed by atoms with van der Waals surface area (Å²) >= 11 is 0. The molecule has 0 spiro atoms. The Morgan fingerprint density at radius 2 is 2.10 bits per heavy atom. The maximum absolute atomic E-state index is 11.6. The molecule has 0 unspecified atom stereocenters. The predicted octanol–water partition coefficient (Wildman–Crippen LogP) is 1.89. The number of hydrogen-bond acceptors (Lipinski definition) is 6. The Bertz CT molecular complexity index is 659. The first-order valence-electron chi connectivity index (χ1n) is 5.76. The van der Waals surface area contributed by atoms with Gasteiger partial charge in [0.1, 0.15) is 12.3 Å². The molecule has 8 nitrogen and oxygen atoms in total. The lowest BCUT2D eigenvalue weighted by atomic mass is 10.2. The molecule has 1 aromatic carbocycles. The van der Waals surface area contributed by atoms with Gasteiger partial charge < -0.3 is 10.1 Å². The van der Waals surface area contributed by atoms with E-state index in [1.165, 1.54) is 0 Å². The van der Waals surface area contributed by atoms with Crippen LogP contribution in [0.2, 0.25) is 0 Å². The molecular weight excluding hydrogens is 324 g/mol. The zero-order valence-corrected chi connectivity index (χ0v) is 12.8. The van der Waals surface area contributed by atoms with Crippen LogP contribution in [0, 0.1) is 10.1 Å². The van der Waals surface area contributed by atoms with E-state index in [0.717, 1.165) is 18.2 Å². The summed E-state index contributed by atoms with van der Waals surface area (Å²) in [4.78, 5) is 21.3. The van der Waals surface area contributed by atoms with Crippen molar-refractivity contribution in [1.82, 2.24) is 0 Å². The molecule has 0 radical (unpaired) electrons. The molecule has 1 rings (SSSR count). The minimum atomic E-state index is -4.10. The normalized spacial score (nSPS) is 11.4. The summed E-state index contributed by atoms with van der Waals surface area (Å²) < 4.78 is 27.4. The summed E-state index contributed by atoms with van der Waals surface area (Å²) in [6.07, 6.45) is -0.172. The summed E-state index contributed by atoms with van der Waals surface area (Å²) in [7, 11) is 1.02. The smallest absolute Gasteiger partial charge is 0.294 e. The summed E-state index contributed by atoms with van der Waals surface area (Å²) in [6.45, 7) is 3.19. The zero-order valence-electron chi connectivity index (χ0n) is 11.2. The fourth-order valence-corrected chi connectivity index (χ4v) is 2.12. The molecule has 0 heterocycles. The topological polar surface area (TPSA) is 116 Å². The highest BCUT2D eigenvalue weighted by atomic mass is 35.7. The van der Waals surface area contributed by atoms with Crippen LogP contribution in [0.5, 0.6) is 0 Å². The SMILES string of the molecule is CC(C)OCC(=O)Nc1ccc(S(=O)(=O)Cl)cc1[N+](=O)[O-]. The van der Waals surface area contributed by atoms with Gasteiger partial charge in [0.2, 0.25) is 0 Å². The van der Waals surface area contributed by atoms with Crippen molar-refractivity contribution < 1.29 is 22.9 Å². The molecule has 10 heteroatoms. The zero-order chi connectivity index (χ0) is 16.2. The number of benzene rings is 1. The second-order valence-corrected chi connectivity index (χ2v) is 6.85. The van der Waals surface area contributed by atoms with E-state index in [4.69, 9.17) is 15.4 Å². The third kappa shape index (κ3) is 5.29. The van der Waals surface area contributed by atoms with Gasteiger partial charge in [-0.1, -0.05) is 0 Å². The minimum absolute atomic E-state index is 0.138. The molecule has 1 amide bonds. The molecule has 0 saturated carbocycles. The lowest BCUT2D eigenvalue weighted by Gasteiger charge is -2.09. The number of nitrogens with zero attached hydrogens (tertiary/aromatic N) is 1. The molecule has 0 atom stereocenters. The first kappa shape index (κ1) is 17.3. The number of anilines is 1. The maximum Gasteiger partial charge on any atom is 0.294 e. The minimum Gasteiger partial charge on any atom is -0.369 e. The Balaban J connectivity index is 3.03. The van der Waals surface area contributed by atoms with Crippen molar-refractivity contribution in [2.24, 2.45) is 0 Å². The van der Waals surface area contributed by atoms with Crippen LogP contribution in [0.3, 0.4) is 0 Å². The highest BCUT2D eigenvalue weighted by molar-refractivity contribution is 8.13. The average molecular weight is 337 g/mol.